The molecular weight excluding hydrogens is 240 g/mol. The van der Waals surface area contributed by atoms with Crippen LogP contribution in [0, 0.1) is 11.6 Å². The summed E-state index contributed by atoms with van der Waals surface area (Å²) in [5, 5.41) is 13.1. The van der Waals surface area contributed by atoms with Gasteiger partial charge in [-0.05, 0) is 18.6 Å². The quantitative estimate of drug-likeness (QED) is 0.729. The molecule has 18 heavy (non-hydrogen) atoms. The van der Waals surface area contributed by atoms with E-state index in [1.54, 1.807) is 14.0 Å². The SMILES string of the molecule is COCCNCC(C)(O)Cc1ccc(F)cc1F. The van der Waals surface area contributed by atoms with Crippen molar-refractivity contribution in [1.29, 1.82) is 0 Å². The minimum absolute atomic E-state index is 0.124. The second-order valence-electron chi connectivity index (χ2n) is 4.58. The average Bonchev–Trinajstić information content (AvgIpc) is 2.28. The molecular formula is C13H19F2NO2. The fourth-order valence-electron chi connectivity index (χ4n) is 1.67. The van der Waals surface area contributed by atoms with Gasteiger partial charge in [-0.2, -0.15) is 0 Å². The summed E-state index contributed by atoms with van der Waals surface area (Å²) in [7, 11) is 1.59. The van der Waals surface area contributed by atoms with Crippen molar-refractivity contribution in [3.05, 3.63) is 35.4 Å². The number of hydrogen-bond acceptors (Lipinski definition) is 3. The minimum atomic E-state index is -1.09. The first-order valence-electron chi connectivity index (χ1n) is 5.80. The smallest absolute Gasteiger partial charge is 0.129 e. The standard InChI is InChI=1S/C13H19F2NO2/c1-13(17,9-16-5-6-18-2)8-10-3-4-11(14)7-12(10)15/h3-4,7,16-17H,5-6,8-9H2,1-2H3. The zero-order valence-corrected chi connectivity index (χ0v) is 10.7. The average molecular weight is 259 g/mol. The lowest BCUT2D eigenvalue weighted by Crippen LogP contribution is -2.41. The van der Waals surface area contributed by atoms with Crippen LogP contribution < -0.4 is 5.32 Å². The van der Waals surface area contributed by atoms with Gasteiger partial charge in [0.05, 0.1) is 12.2 Å². The Morgan fingerprint density at radius 1 is 1.39 bits per heavy atom. The maximum Gasteiger partial charge on any atom is 0.129 e. The Labute approximate surface area is 106 Å². The van der Waals surface area contributed by atoms with Crippen LogP contribution in [0.15, 0.2) is 18.2 Å². The number of ether oxygens (including phenoxy) is 1. The number of hydrogen-bond donors (Lipinski definition) is 2. The van der Waals surface area contributed by atoms with Crippen molar-refractivity contribution in [2.24, 2.45) is 0 Å². The number of methoxy groups -OCH3 is 1. The molecule has 0 aromatic heterocycles. The second kappa shape index (κ2) is 6.78. The molecule has 0 aliphatic rings. The predicted octanol–water partition coefficient (Wildman–Crippen LogP) is 1.49. The second-order valence-corrected chi connectivity index (χ2v) is 4.58. The van der Waals surface area contributed by atoms with E-state index in [2.05, 4.69) is 5.32 Å². The summed E-state index contributed by atoms with van der Waals surface area (Å²) in [6.07, 6.45) is 0.124. The summed E-state index contributed by atoms with van der Waals surface area (Å²) in [6, 6.07) is 3.37. The number of halogens is 2. The number of benzene rings is 1. The van der Waals surface area contributed by atoms with E-state index in [0.717, 1.165) is 6.07 Å². The van der Waals surface area contributed by atoms with Crippen LogP contribution in [0.5, 0.6) is 0 Å². The highest BCUT2D eigenvalue weighted by Crippen LogP contribution is 2.16. The van der Waals surface area contributed by atoms with Crippen molar-refractivity contribution < 1.29 is 18.6 Å². The number of nitrogens with one attached hydrogen (secondary N) is 1. The number of aliphatic hydroxyl groups is 1. The zero-order chi connectivity index (χ0) is 13.6. The van der Waals surface area contributed by atoms with Crippen LogP contribution in [0.2, 0.25) is 0 Å². The summed E-state index contributed by atoms with van der Waals surface area (Å²) in [5.41, 5.74) is -0.790. The molecule has 0 aliphatic heterocycles. The summed E-state index contributed by atoms with van der Waals surface area (Å²) >= 11 is 0. The summed E-state index contributed by atoms with van der Waals surface area (Å²) in [6.45, 7) is 3.07. The van der Waals surface area contributed by atoms with E-state index in [1.807, 2.05) is 0 Å². The van der Waals surface area contributed by atoms with Gasteiger partial charge in [-0.25, -0.2) is 8.78 Å². The normalized spacial score (nSPS) is 14.5. The van der Waals surface area contributed by atoms with Gasteiger partial charge in [0.2, 0.25) is 0 Å². The van der Waals surface area contributed by atoms with Gasteiger partial charge in [-0.3, -0.25) is 0 Å². The number of rotatable bonds is 7. The molecule has 1 unspecified atom stereocenters. The monoisotopic (exact) mass is 259 g/mol. The molecule has 0 spiro atoms. The Morgan fingerprint density at radius 3 is 2.72 bits per heavy atom. The highest BCUT2D eigenvalue weighted by molar-refractivity contribution is 5.20. The fraction of sp³-hybridized carbons (Fsp3) is 0.538. The van der Waals surface area contributed by atoms with Crippen molar-refractivity contribution in [2.45, 2.75) is 18.9 Å². The molecule has 0 heterocycles. The first-order valence-corrected chi connectivity index (χ1v) is 5.80. The highest BCUT2D eigenvalue weighted by Gasteiger charge is 2.22. The Hall–Kier alpha value is -1.04. The van der Waals surface area contributed by atoms with Crippen LogP contribution in [0.25, 0.3) is 0 Å². The molecule has 1 atom stereocenters. The van der Waals surface area contributed by atoms with E-state index in [1.165, 1.54) is 12.1 Å². The molecule has 0 saturated heterocycles. The molecule has 102 valence electrons. The van der Waals surface area contributed by atoms with E-state index in [9.17, 15) is 13.9 Å². The van der Waals surface area contributed by atoms with E-state index >= 15 is 0 Å². The molecule has 5 heteroatoms. The summed E-state index contributed by atoms with van der Waals surface area (Å²) in [4.78, 5) is 0. The van der Waals surface area contributed by atoms with Gasteiger partial charge < -0.3 is 15.2 Å². The third-order valence-corrected chi connectivity index (χ3v) is 2.58. The predicted molar refractivity (Wildman–Crippen MR) is 65.4 cm³/mol. The van der Waals surface area contributed by atoms with Crippen LogP contribution in [-0.2, 0) is 11.2 Å². The third kappa shape index (κ3) is 5.08. The van der Waals surface area contributed by atoms with Crippen molar-refractivity contribution >= 4 is 0 Å². The maximum atomic E-state index is 13.4. The van der Waals surface area contributed by atoms with Gasteiger partial charge >= 0.3 is 0 Å². The molecule has 0 amide bonds. The zero-order valence-electron chi connectivity index (χ0n) is 10.7. The van der Waals surface area contributed by atoms with Crippen molar-refractivity contribution in [1.82, 2.24) is 5.32 Å². The van der Waals surface area contributed by atoms with Gasteiger partial charge in [-0.1, -0.05) is 6.07 Å². The van der Waals surface area contributed by atoms with Crippen LogP contribution in [0.1, 0.15) is 12.5 Å². The maximum absolute atomic E-state index is 13.4. The summed E-state index contributed by atoms with van der Waals surface area (Å²) < 4.78 is 31.0. The fourth-order valence-corrected chi connectivity index (χ4v) is 1.67. The lowest BCUT2D eigenvalue weighted by Gasteiger charge is -2.24. The Bertz CT molecular complexity index is 383. The first kappa shape index (κ1) is 15.0. The lowest BCUT2D eigenvalue weighted by molar-refractivity contribution is 0.0572. The molecule has 0 saturated carbocycles. The highest BCUT2D eigenvalue weighted by atomic mass is 19.1. The Kier molecular flexibility index (Phi) is 5.65. The van der Waals surface area contributed by atoms with E-state index < -0.39 is 17.2 Å². The van der Waals surface area contributed by atoms with Crippen molar-refractivity contribution in [2.75, 3.05) is 26.8 Å². The molecule has 1 rings (SSSR count). The Morgan fingerprint density at radius 2 is 2.11 bits per heavy atom. The van der Waals surface area contributed by atoms with Gasteiger partial charge in [0, 0.05) is 32.7 Å². The van der Waals surface area contributed by atoms with E-state index in [0.29, 0.717) is 25.3 Å². The van der Waals surface area contributed by atoms with E-state index in [4.69, 9.17) is 4.74 Å². The Balaban J connectivity index is 2.53. The summed E-state index contributed by atoms with van der Waals surface area (Å²) in [5.74, 6) is -1.25. The van der Waals surface area contributed by atoms with Gasteiger partial charge in [0.25, 0.3) is 0 Å². The molecule has 2 N–H and O–H groups in total. The minimum Gasteiger partial charge on any atom is -0.389 e. The molecule has 0 aliphatic carbocycles. The molecule has 3 nitrogen and oxygen atoms in total. The van der Waals surface area contributed by atoms with Crippen LogP contribution >= 0.6 is 0 Å². The van der Waals surface area contributed by atoms with Gasteiger partial charge in [0.1, 0.15) is 11.6 Å². The molecule has 0 fully saturated rings. The molecule has 0 bridgehead atoms. The molecule has 1 aromatic rings. The van der Waals surface area contributed by atoms with Gasteiger partial charge in [-0.15, -0.1) is 0 Å². The topological polar surface area (TPSA) is 41.5 Å². The van der Waals surface area contributed by atoms with Crippen LogP contribution in [0.3, 0.4) is 0 Å². The van der Waals surface area contributed by atoms with Gasteiger partial charge in [0.15, 0.2) is 0 Å². The van der Waals surface area contributed by atoms with Crippen molar-refractivity contribution in [3.63, 3.8) is 0 Å². The van der Waals surface area contributed by atoms with Crippen LogP contribution in [0.4, 0.5) is 8.78 Å². The van der Waals surface area contributed by atoms with E-state index in [-0.39, 0.29) is 6.42 Å². The van der Waals surface area contributed by atoms with Crippen LogP contribution in [-0.4, -0.2) is 37.5 Å². The molecule has 0 radical (unpaired) electrons. The van der Waals surface area contributed by atoms with Crippen molar-refractivity contribution in [3.8, 4) is 0 Å². The third-order valence-electron chi connectivity index (χ3n) is 2.58. The lowest BCUT2D eigenvalue weighted by atomic mass is 9.96. The largest absolute Gasteiger partial charge is 0.389 e. The first-order chi connectivity index (χ1) is 8.44. The molecule has 1 aromatic carbocycles.